The van der Waals surface area contributed by atoms with Gasteiger partial charge in [-0.1, -0.05) is 30.3 Å². The molecule has 0 atom stereocenters. The second-order valence-electron chi connectivity index (χ2n) is 4.72. The monoisotopic (exact) mass is 290 g/mol. The zero-order valence-electron chi connectivity index (χ0n) is 11.4. The lowest BCUT2D eigenvalue weighted by Crippen LogP contribution is -2.24. The molecule has 0 bridgehead atoms. The van der Waals surface area contributed by atoms with Gasteiger partial charge in [0.15, 0.2) is 11.6 Å². The molecule has 0 fully saturated rings. The van der Waals surface area contributed by atoms with Crippen LogP contribution in [-0.4, -0.2) is 5.91 Å². The van der Waals surface area contributed by atoms with E-state index >= 15 is 0 Å². The van der Waals surface area contributed by atoms with Crippen molar-refractivity contribution < 1.29 is 13.6 Å². The van der Waals surface area contributed by atoms with E-state index in [-0.39, 0.29) is 12.3 Å². The number of nitrogens with two attached hydrogens (primary N) is 1. The van der Waals surface area contributed by atoms with Gasteiger partial charge in [0.05, 0.1) is 6.42 Å². The molecule has 2 aromatic carbocycles. The molecule has 0 aliphatic carbocycles. The Morgan fingerprint density at radius 3 is 2.19 bits per heavy atom. The first-order valence-corrected chi connectivity index (χ1v) is 6.57. The minimum absolute atomic E-state index is 0.0120. The normalized spacial score (nSPS) is 10.4. The number of benzene rings is 2. The van der Waals surface area contributed by atoms with E-state index in [1.165, 1.54) is 6.07 Å². The number of carbonyl (C=O) groups is 1. The third-order valence-electron chi connectivity index (χ3n) is 3.10. The van der Waals surface area contributed by atoms with Crippen molar-refractivity contribution in [3.63, 3.8) is 0 Å². The minimum Gasteiger partial charge on any atom is -0.352 e. The van der Waals surface area contributed by atoms with Gasteiger partial charge >= 0.3 is 0 Å². The predicted molar refractivity (Wildman–Crippen MR) is 76.2 cm³/mol. The SMILES string of the molecule is NCc1ccc(CNC(=O)Cc2ccc(F)c(F)c2)cc1. The highest BCUT2D eigenvalue weighted by Crippen LogP contribution is 2.09. The molecule has 0 aliphatic rings. The predicted octanol–water partition coefficient (Wildman–Crippen LogP) is 2.28. The van der Waals surface area contributed by atoms with Gasteiger partial charge in [0.25, 0.3) is 0 Å². The summed E-state index contributed by atoms with van der Waals surface area (Å²) in [6.07, 6.45) is 0.0120. The number of hydrogen-bond donors (Lipinski definition) is 2. The van der Waals surface area contributed by atoms with Crippen molar-refractivity contribution in [3.8, 4) is 0 Å². The summed E-state index contributed by atoms with van der Waals surface area (Å²) in [5.74, 6) is -2.11. The Labute approximate surface area is 121 Å². The molecule has 0 unspecified atom stereocenters. The molecule has 0 heterocycles. The van der Waals surface area contributed by atoms with Crippen LogP contribution in [0.3, 0.4) is 0 Å². The number of amides is 1. The fourth-order valence-corrected chi connectivity index (χ4v) is 1.89. The van der Waals surface area contributed by atoms with E-state index in [0.29, 0.717) is 18.7 Å². The molecule has 0 saturated carbocycles. The van der Waals surface area contributed by atoms with E-state index < -0.39 is 11.6 Å². The summed E-state index contributed by atoms with van der Waals surface area (Å²) in [6, 6.07) is 11.0. The first-order valence-electron chi connectivity index (χ1n) is 6.57. The van der Waals surface area contributed by atoms with Gasteiger partial charge in [0, 0.05) is 13.1 Å². The highest BCUT2D eigenvalue weighted by atomic mass is 19.2. The van der Waals surface area contributed by atoms with Gasteiger partial charge in [-0.05, 0) is 28.8 Å². The van der Waals surface area contributed by atoms with Gasteiger partial charge in [-0.3, -0.25) is 4.79 Å². The molecule has 2 rings (SSSR count). The summed E-state index contributed by atoms with van der Waals surface area (Å²) >= 11 is 0. The topological polar surface area (TPSA) is 55.1 Å². The maximum atomic E-state index is 13.0. The molecule has 0 radical (unpaired) electrons. The van der Waals surface area contributed by atoms with Crippen LogP contribution < -0.4 is 11.1 Å². The third-order valence-corrected chi connectivity index (χ3v) is 3.10. The molecule has 0 aliphatic heterocycles. The molecule has 2 aromatic rings. The molecule has 110 valence electrons. The molecule has 1 amide bonds. The van der Waals surface area contributed by atoms with Crippen molar-refractivity contribution in [2.24, 2.45) is 5.73 Å². The van der Waals surface area contributed by atoms with Crippen molar-refractivity contribution in [1.82, 2.24) is 5.32 Å². The number of hydrogen-bond acceptors (Lipinski definition) is 2. The zero-order chi connectivity index (χ0) is 15.2. The Kier molecular flexibility index (Phi) is 5.00. The highest BCUT2D eigenvalue weighted by Gasteiger charge is 2.07. The lowest BCUT2D eigenvalue weighted by molar-refractivity contribution is -0.120. The van der Waals surface area contributed by atoms with Crippen LogP contribution in [0.15, 0.2) is 42.5 Å². The molecule has 0 spiro atoms. The van der Waals surface area contributed by atoms with Gasteiger partial charge in [0.2, 0.25) is 5.91 Å². The second kappa shape index (κ2) is 6.95. The number of halogens is 2. The first kappa shape index (κ1) is 15.1. The Balaban J connectivity index is 1.87. The van der Waals surface area contributed by atoms with Crippen LogP contribution in [0.25, 0.3) is 0 Å². The van der Waals surface area contributed by atoms with E-state index in [1.807, 2.05) is 24.3 Å². The lowest BCUT2D eigenvalue weighted by atomic mass is 10.1. The largest absolute Gasteiger partial charge is 0.352 e. The number of carbonyl (C=O) groups excluding carboxylic acids is 1. The van der Waals surface area contributed by atoms with Gasteiger partial charge in [0.1, 0.15) is 0 Å². The summed E-state index contributed by atoms with van der Waals surface area (Å²) in [5.41, 5.74) is 7.91. The van der Waals surface area contributed by atoms with Crippen LogP contribution in [0.4, 0.5) is 8.78 Å². The van der Waals surface area contributed by atoms with Crippen LogP contribution in [0, 0.1) is 11.6 Å². The van der Waals surface area contributed by atoms with E-state index in [1.54, 1.807) is 0 Å². The van der Waals surface area contributed by atoms with E-state index in [0.717, 1.165) is 23.3 Å². The van der Waals surface area contributed by atoms with Crippen molar-refractivity contribution in [3.05, 3.63) is 70.8 Å². The van der Waals surface area contributed by atoms with Gasteiger partial charge in [-0.15, -0.1) is 0 Å². The molecule has 3 nitrogen and oxygen atoms in total. The lowest BCUT2D eigenvalue weighted by Gasteiger charge is -2.06. The smallest absolute Gasteiger partial charge is 0.224 e. The van der Waals surface area contributed by atoms with Crippen LogP contribution in [0.2, 0.25) is 0 Å². The summed E-state index contributed by atoms with van der Waals surface area (Å²) in [4.78, 5) is 11.8. The summed E-state index contributed by atoms with van der Waals surface area (Å²) in [7, 11) is 0. The Bertz CT molecular complexity index is 627. The summed E-state index contributed by atoms with van der Waals surface area (Å²) < 4.78 is 25.8. The molecule has 0 aromatic heterocycles. The van der Waals surface area contributed by atoms with E-state index in [4.69, 9.17) is 5.73 Å². The van der Waals surface area contributed by atoms with Gasteiger partial charge in [-0.25, -0.2) is 8.78 Å². The average molecular weight is 290 g/mol. The summed E-state index contributed by atoms with van der Waals surface area (Å²) in [5, 5.41) is 2.73. The number of nitrogens with one attached hydrogen (secondary N) is 1. The van der Waals surface area contributed by atoms with Crippen molar-refractivity contribution in [2.75, 3.05) is 0 Å². The molecular formula is C16H16F2N2O. The Morgan fingerprint density at radius 1 is 0.952 bits per heavy atom. The Hall–Kier alpha value is -2.27. The fourth-order valence-electron chi connectivity index (χ4n) is 1.89. The van der Waals surface area contributed by atoms with Crippen molar-refractivity contribution in [2.45, 2.75) is 19.5 Å². The Morgan fingerprint density at radius 2 is 1.57 bits per heavy atom. The molecule has 0 saturated heterocycles. The van der Waals surface area contributed by atoms with Crippen LogP contribution in [-0.2, 0) is 24.3 Å². The standard InChI is InChI=1S/C16H16F2N2O/c17-14-6-5-13(7-15(14)18)8-16(21)20-10-12-3-1-11(9-19)2-4-12/h1-7H,8-10,19H2,(H,20,21). The van der Waals surface area contributed by atoms with Crippen molar-refractivity contribution in [1.29, 1.82) is 0 Å². The molecule has 3 N–H and O–H groups in total. The fraction of sp³-hybridized carbons (Fsp3) is 0.188. The quantitative estimate of drug-likeness (QED) is 0.887. The molecular weight excluding hydrogens is 274 g/mol. The second-order valence-corrected chi connectivity index (χ2v) is 4.72. The maximum Gasteiger partial charge on any atom is 0.224 e. The average Bonchev–Trinajstić information content (AvgIpc) is 2.49. The summed E-state index contributed by atoms with van der Waals surface area (Å²) in [6.45, 7) is 0.857. The van der Waals surface area contributed by atoms with E-state index in [2.05, 4.69) is 5.32 Å². The van der Waals surface area contributed by atoms with Gasteiger partial charge in [-0.2, -0.15) is 0 Å². The first-order chi connectivity index (χ1) is 10.1. The minimum atomic E-state index is -0.947. The van der Waals surface area contributed by atoms with E-state index in [9.17, 15) is 13.6 Å². The van der Waals surface area contributed by atoms with Crippen LogP contribution in [0.5, 0.6) is 0 Å². The zero-order valence-corrected chi connectivity index (χ0v) is 11.4. The highest BCUT2D eigenvalue weighted by molar-refractivity contribution is 5.78. The van der Waals surface area contributed by atoms with Gasteiger partial charge < -0.3 is 11.1 Å². The van der Waals surface area contributed by atoms with Crippen LogP contribution in [0.1, 0.15) is 16.7 Å². The third kappa shape index (κ3) is 4.36. The maximum absolute atomic E-state index is 13.0. The van der Waals surface area contributed by atoms with Crippen molar-refractivity contribution >= 4 is 5.91 Å². The van der Waals surface area contributed by atoms with Crippen LogP contribution >= 0.6 is 0 Å². The number of rotatable bonds is 5. The molecule has 21 heavy (non-hydrogen) atoms. The molecule has 5 heteroatoms.